The third kappa shape index (κ3) is 3.50. The summed E-state index contributed by atoms with van der Waals surface area (Å²) in [5.74, 6) is 0. The van der Waals surface area contributed by atoms with Crippen molar-refractivity contribution < 1.29 is 0 Å². The zero-order valence-electron chi connectivity index (χ0n) is 3.94. The molecule has 0 spiro atoms. The number of rotatable bonds is 2. The summed E-state index contributed by atoms with van der Waals surface area (Å²) in [4.78, 5) is 0. The molecule has 0 rings (SSSR count). The second-order valence-corrected chi connectivity index (χ2v) is 0.986. The highest BCUT2D eigenvalue weighted by molar-refractivity contribution is 4.76. The van der Waals surface area contributed by atoms with Crippen molar-refractivity contribution in [3.8, 4) is 0 Å². The predicted molar refractivity (Wildman–Crippen MR) is 27.3 cm³/mol. The highest BCUT2D eigenvalue weighted by atomic mass is 14.8. The molecule has 0 saturated heterocycles. The Morgan fingerprint density at radius 2 is 2.50 bits per heavy atom. The zero-order chi connectivity index (χ0) is 4.83. The van der Waals surface area contributed by atoms with Gasteiger partial charge in [0.2, 0.25) is 0 Å². The quantitative estimate of drug-likeness (QED) is 0.483. The Hall–Kier alpha value is -0.500. The lowest BCUT2D eigenvalue weighted by molar-refractivity contribution is 0.918. The molecule has 2 heteroatoms. The summed E-state index contributed by atoms with van der Waals surface area (Å²) in [5.41, 5.74) is 4.99. The van der Waals surface area contributed by atoms with Crippen molar-refractivity contribution in [2.24, 2.45) is 5.73 Å². The highest BCUT2D eigenvalue weighted by Crippen LogP contribution is 1.54. The number of nitrogens with one attached hydrogen (secondary N) is 1. The first-order valence-electron chi connectivity index (χ1n) is 1.93. The van der Waals surface area contributed by atoms with Gasteiger partial charge >= 0.3 is 0 Å². The Morgan fingerprint density at radius 1 is 1.83 bits per heavy atom. The second-order valence-electron chi connectivity index (χ2n) is 0.986. The van der Waals surface area contributed by atoms with Gasteiger partial charge in [0.05, 0.1) is 0 Å². The summed E-state index contributed by atoms with van der Waals surface area (Å²) < 4.78 is 0. The molecule has 36 valence electrons. The minimum Gasteiger partial charge on any atom is -0.405 e. The van der Waals surface area contributed by atoms with Gasteiger partial charge in [-0.25, -0.2) is 0 Å². The third-order valence-corrected chi connectivity index (χ3v) is 0.458. The smallest absolute Gasteiger partial charge is 0.0148 e. The fraction of sp³-hybridized carbons (Fsp3) is 0.500. The molecule has 0 radical (unpaired) electrons. The molecule has 0 aliphatic carbocycles. The third-order valence-electron chi connectivity index (χ3n) is 0.458. The average Bonchev–Trinajstić information content (AvgIpc) is 1.61. The van der Waals surface area contributed by atoms with Crippen molar-refractivity contribution in [2.75, 3.05) is 13.6 Å². The Labute approximate surface area is 38.0 Å². The monoisotopic (exact) mass is 86.1 g/mol. The largest absolute Gasteiger partial charge is 0.405 e. The summed E-state index contributed by atoms with van der Waals surface area (Å²) in [5, 5.41) is 2.90. The van der Waals surface area contributed by atoms with Crippen LogP contribution in [0.2, 0.25) is 0 Å². The molecular formula is C4H10N2. The Kier molecular flexibility index (Phi) is 4.12. The van der Waals surface area contributed by atoms with Crippen LogP contribution in [0.4, 0.5) is 0 Å². The van der Waals surface area contributed by atoms with E-state index in [9.17, 15) is 0 Å². The summed E-state index contributed by atoms with van der Waals surface area (Å²) >= 11 is 0. The lowest BCUT2D eigenvalue weighted by atomic mass is 10.6. The van der Waals surface area contributed by atoms with Crippen molar-refractivity contribution in [3.63, 3.8) is 0 Å². The van der Waals surface area contributed by atoms with E-state index in [1.807, 2.05) is 13.1 Å². The number of likely N-dealkylation sites (N-methyl/N-ethyl adjacent to an activating group) is 1. The molecule has 0 aromatic carbocycles. The average molecular weight is 86.1 g/mol. The lowest BCUT2D eigenvalue weighted by Crippen LogP contribution is -2.04. The molecular weight excluding hydrogens is 76.1 g/mol. The van der Waals surface area contributed by atoms with Gasteiger partial charge < -0.3 is 11.1 Å². The Balaban J connectivity index is 2.66. The lowest BCUT2D eigenvalue weighted by Gasteiger charge is -1.81. The van der Waals surface area contributed by atoms with Crippen LogP contribution in [0.1, 0.15) is 0 Å². The predicted octanol–water partition coefficient (Wildman–Crippen LogP) is -0.322. The standard InChI is InChI=1S/C4H10N2/c1-6-4-2-3-5/h2-3,6H,4-5H2,1H3/b3-2-. The van der Waals surface area contributed by atoms with Gasteiger partial charge in [-0.3, -0.25) is 0 Å². The molecule has 0 saturated carbocycles. The minimum absolute atomic E-state index is 0.858. The van der Waals surface area contributed by atoms with Crippen molar-refractivity contribution >= 4 is 0 Å². The maximum atomic E-state index is 4.99. The van der Waals surface area contributed by atoms with Crippen LogP contribution in [0, 0.1) is 0 Å². The van der Waals surface area contributed by atoms with Gasteiger partial charge in [-0.15, -0.1) is 0 Å². The molecule has 0 aliphatic heterocycles. The van der Waals surface area contributed by atoms with Gasteiger partial charge in [-0.2, -0.15) is 0 Å². The maximum Gasteiger partial charge on any atom is 0.0148 e. The topological polar surface area (TPSA) is 38.0 Å². The molecule has 6 heavy (non-hydrogen) atoms. The van der Waals surface area contributed by atoms with Crippen molar-refractivity contribution in [1.29, 1.82) is 0 Å². The van der Waals surface area contributed by atoms with Crippen molar-refractivity contribution in [1.82, 2.24) is 5.32 Å². The van der Waals surface area contributed by atoms with Crippen LogP contribution in [0.5, 0.6) is 0 Å². The van der Waals surface area contributed by atoms with Crippen molar-refractivity contribution in [3.05, 3.63) is 12.3 Å². The number of hydrogen-bond acceptors (Lipinski definition) is 2. The summed E-state index contributed by atoms with van der Waals surface area (Å²) in [6, 6.07) is 0. The first kappa shape index (κ1) is 5.50. The molecule has 0 fully saturated rings. The molecule has 0 heterocycles. The van der Waals surface area contributed by atoms with Gasteiger partial charge in [0.25, 0.3) is 0 Å². The van der Waals surface area contributed by atoms with E-state index < -0.39 is 0 Å². The highest BCUT2D eigenvalue weighted by Gasteiger charge is 1.61. The zero-order valence-corrected chi connectivity index (χ0v) is 3.94. The van der Waals surface area contributed by atoms with E-state index in [4.69, 9.17) is 5.73 Å². The molecule has 0 unspecified atom stereocenters. The molecule has 2 nitrogen and oxygen atoms in total. The summed E-state index contributed by atoms with van der Waals surface area (Å²) in [6.45, 7) is 0.858. The molecule has 0 bridgehead atoms. The number of nitrogens with two attached hydrogens (primary N) is 1. The summed E-state index contributed by atoms with van der Waals surface area (Å²) in [7, 11) is 1.88. The number of hydrogen-bond donors (Lipinski definition) is 2. The van der Waals surface area contributed by atoms with Gasteiger partial charge in [-0.1, -0.05) is 6.08 Å². The molecule has 0 aliphatic rings. The van der Waals surface area contributed by atoms with Crippen LogP contribution in [-0.4, -0.2) is 13.6 Å². The van der Waals surface area contributed by atoms with Crippen LogP contribution < -0.4 is 11.1 Å². The van der Waals surface area contributed by atoms with Crippen molar-refractivity contribution in [2.45, 2.75) is 0 Å². The Morgan fingerprint density at radius 3 is 2.67 bits per heavy atom. The van der Waals surface area contributed by atoms with E-state index in [1.54, 1.807) is 0 Å². The first-order chi connectivity index (χ1) is 2.91. The first-order valence-corrected chi connectivity index (χ1v) is 1.93. The van der Waals surface area contributed by atoms with E-state index in [0.717, 1.165) is 6.54 Å². The van der Waals surface area contributed by atoms with Crippen LogP contribution >= 0.6 is 0 Å². The van der Waals surface area contributed by atoms with Gasteiger partial charge in [0, 0.05) is 6.54 Å². The molecule has 0 amide bonds. The normalized spacial score (nSPS) is 10.2. The molecule has 3 N–H and O–H groups in total. The SMILES string of the molecule is CNC/C=C\N. The van der Waals surface area contributed by atoms with Crippen LogP contribution in [0.15, 0.2) is 12.3 Å². The summed E-state index contributed by atoms with van der Waals surface area (Å²) in [6.07, 6.45) is 3.37. The van der Waals surface area contributed by atoms with E-state index in [0.29, 0.717) is 0 Å². The van der Waals surface area contributed by atoms with E-state index in [2.05, 4.69) is 5.32 Å². The maximum absolute atomic E-state index is 4.99. The van der Waals surface area contributed by atoms with E-state index >= 15 is 0 Å². The fourth-order valence-corrected chi connectivity index (χ4v) is 0.186. The van der Waals surface area contributed by atoms with Gasteiger partial charge in [-0.05, 0) is 13.2 Å². The van der Waals surface area contributed by atoms with Crippen LogP contribution in [0.3, 0.4) is 0 Å². The Bertz CT molecular complexity index is 40.8. The minimum atomic E-state index is 0.858. The van der Waals surface area contributed by atoms with E-state index in [-0.39, 0.29) is 0 Å². The fourth-order valence-electron chi connectivity index (χ4n) is 0.186. The van der Waals surface area contributed by atoms with Crippen LogP contribution in [0.25, 0.3) is 0 Å². The molecule has 0 aromatic heterocycles. The van der Waals surface area contributed by atoms with E-state index in [1.165, 1.54) is 6.20 Å². The molecule has 0 atom stereocenters. The van der Waals surface area contributed by atoms with Gasteiger partial charge in [0.1, 0.15) is 0 Å². The van der Waals surface area contributed by atoms with Crippen LogP contribution in [-0.2, 0) is 0 Å². The van der Waals surface area contributed by atoms with Gasteiger partial charge in [0.15, 0.2) is 0 Å². The second kappa shape index (κ2) is 4.50. The molecule has 0 aromatic rings.